The van der Waals surface area contributed by atoms with Crippen LogP contribution in [0.25, 0.3) is 0 Å². The molecule has 1 aromatic rings. The van der Waals surface area contributed by atoms with Gasteiger partial charge in [-0.15, -0.1) is 0 Å². The number of piperidine rings is 2. The maximum Gasteiger partial charge on any atom is 0.223 e. The fraction of sp³-hybridized carbons (Fsp3) is 0.632. The smallest absolute Gasteiger partial charge is 0.223 e. The molecular formula is C19H27ClFN3O. The van der Waals surface area contributed by atoms with Crippen LogP contribution in [0.4, 0.5) is 4.39 Å². The van der Waals surface area contributed by atoms with E-state index in [9.17, 15) is 9.18 Å². The highest BCUT2D eigenvalue weighted by molar-refractivity contribution is 6.31. The van der Waals surface area contributed by atoms with E-state index in [0.29, 0.717) is 23.2 Å². The second-order valence-electron chi connectivity index (χ2n) is 7.34. The Morgan fingerprint density at radius 1 is 1.20 bits per heavy atom. The lowest BCUT2D eigenvalue weighted by Crippen LogP contribution is -2.47. The fourth-order valence-corrected chi connectivity index (χ4v) is 3.95. The molecule has 1 amide bonds. The SMILES string of the molecule is CN1CCC(NC(=O)C2CCN(Cc3c(F)cccc3Cl)CC2)CC1. The van der Waals surface area contributed by atoms with Gasteiger partial charge in [0.05, 0.1) is 0 Å². The molecule has 2 fully saturated rings. The summed E-state index contributed by atoms with van der Waals surface area (Å²) in [6.07, 6.45) is 3.72. The number of hydrogen-bond donors (Lipinski definition) is 1. The molecule has 2 saturated heterocycles. The lowest BCUT2D eigenvalue weighted by atomic mass is 9.94. The molecule has 0 spiro atoms. The topological polar surface area (TPSA) is 35.6 Å². The van der Waals surface area contributed by atoms with Crippen molar-refractivity contribution in [3.63, 3.8) is 0 Å². The molecule has 3 rings (SSSR count). The molecule has 1 aromatic carbocycles. The number of nitrogens with one attached hydrogen (secondary N) is 1. The predicted octanol–water partition coefficient (Wildman–Crippen LogP) is 2.90. The Bertz CT molecular complexity index is 576. The number of carbonyl (C=O) groups excluding carboxylic acids is 1. The van der Waals surface area contributed by atoms with Crippen molar-refractivity contribution in [1.29, 1.82) is 0 Å². The minimum atomic E-state index is -0.255. The molecule has 4 nitrogen and oxygen atoms in total. The summed E-state index contributed by atoms with van der Waals surface area (Å²) in [5, 5.41) is 3.70. The summed E-state index contributed by atoms with van der Waals surface area (Å²) in [5.41, 5.74) is 0.554. The highest BCUT2D eigenvalue weighted by atomic mass is 35.5. The van der Waals surface area contributed by atoms with E-state index >= 15 is 0 Å². The number of likely N-dealkylation sites (tertiary alicyclic amines) is 2. The van der Waals surface area contributed by atoms with Crippen molar-refractivity contribution < 1.29 is 9.18 Å². The third-order valence-electron chi connectivity index (χ3n) is 5.47. The Hall–Kier alpha value is -1.17. The van der Waals surface area contributed by atoms with Crippen LogP contribution >= 0.6 is 11.6 Å². The molecule has 2 heterocycles. The molecule has 0 saturated carbocycles. The zero-order chi connectivity index (χ0) is 17.8. The van der Waals surface area contributed by atoms with E-state index in [4.69, 9.17) is 11.6 Å². The van der Waals surface area contributed by atoms with E-state index in [-0.39, 0.29) is 17.6 Å². The van der Waals surface area contributed by atoms with E-state index in [0.717, 1.165) is 51.9 Å². The van der Waals surface area contributed by atoms with Gasteiger partial charge in [0, 0.05) is 29.1 Å². The van der Waals surface area contributed by atoms with Gasteiger partial charge in [0.15, 0.2) is 0 Å². The van der Waals surface area contributed by atoms with Crippen molar-refractivity contribution in [3.05, 3.63) is 34.6 Å². The van der Waals surface area contributed by atoms with Crippen LogP contribution in [-0.4, -0.2) is 55.0 Å². The second kappa shape index (κ2) is 8.47. The average Bonchev–Trinajstić information content (AvgIpc) is 2.61. The monoisotopic (exact) mass is 367 g/mol. The third-order valence-corrected chi connectivity index (χ3v) is 5.82. The van der Waals surface area contributed by atoms with E-state index in [1.807, 2.05) is 0 Å². The van der Waals surface area contributed by atoms with Crippen molar-refractivity contribution in [3.8, 4) is 0 Å². The fourth-order valence-electron chi connectivity index (χ4n) is 3.73. The predicted molar refractivity (Wildman–Crippen MR) is 98.1 cm³/mol. The lowest BCUT2D eigenvalue weighted by molar-refractivity contribution is -0.127. The number of rotatable bonds is 4. The summed E-state index contributed by atoms with van der Waals surface area (Å²) in [4.78, 5) is 17.0. The first kappa shape index (κ1) is 18.6. The molecule has 1 N–H and O–H groups in total. The normalized spacial score (nSPS) is 21.4. The summed E-state index contributed by atoms with van der Waals surface area (Å²) >= 11 is 6.11. The Balaban J connectivity index is 1.46. The Labute approximate surface area is 154 Å². The highest BCUT2D eigenvalue weighted by Crippen LogP contribution is 2.24. The van der Waals surface area contributed by atoms with Crippen LogP contribution in [-0.2, 0) is 11.3 Å². The van der Waals surface area contributed by atoms with Gasteiger partial charge in [-0.05, 0) is 71.0 Å². The molecule has 0 unspecified atom stereocenters. The Kier molecular flexibility index (Phi) is 6.31. The molecule has 0 aliphatic carbocycles. The van der Waals surface area contributed by atoms with Gasteiger partial charge in [0.1, 0.15) is 5.82 Å². The van der Waals surface area contributed by atoms with Gasteiger partial charge in [-0.3, -0.25) is 9.69 Å². The summed E-state index contributed by atoms with van der Waals surface area (Å²) in [6.45, 7) is 4.21. The molecule has 2 aliphatic rings. The van der Waals surface area contributed by atoms with Crippen LogP contribution in [0.15, 0.2) is 18.2 Å². The minimum Gasteiger partial charge on any atom is -0.353 e. The van der Waals surface area contributed by atoms with Crippen LogP contribution in [0.3, 0.4) is 0 Å². The quantitative estimate of drug-likeness (QED) is 0.888. The van der Waals surface area contributed by atoms with Crippen molar-refractivity contribution in [2.75, 3.05) is 33.2 Å². The van der Waals surface area contributed by atoms with Gasteiger partial charge < -0.3 is 10.2 Å². The largest absolute Gasteiger partial charge is 0.353 e. The molecule has 0 aromatic heterocycles. The number of carbonyl (C=O) groups is 1. The zero-order valence-electron chi connectivity index (χ0n) is 14.8. The first-order valence-corrected chi connectivity index (χ1v) is 9.55. The van der Waals surface area contributed by atoms with Crippen LogP contribution in [0.1, 0.15) is 31.2 Å². The average molecular weight is 368 g/mol. The van der Waals surface area contributed by atoms with Crippen LogP contribution in [0.5, 0.6) is 0 Å². The maximum atomic E-state index is 13.9. The third kappa shape index (κ3) is 4.93. The summed E-state index contributed by atoms with van der Waals surface area (Å²) in [6, 6.07) is 5.12. The van der Waals surface area contributed by atoms with Gasteiger partial charge in [0.25, 0.3) is 0 Å². The van der Waals surface area contributed by atoms with Crippen molar-refractivity contribution in [2.24, 2.45) is 5.92 Å². The van der Waals surface area contributed by atoms with Gasteiger partial charge in [-0.2, -0.15) is 0 Å². The summed E-state index contributed by atoms with van der Waals surface area (Å²) in [7, 11) is 2.12. The second-order valence-corrected chi connectivity index (χ2v) is 7.74. The number of amides is 1. The lowest BCUT2D eigenvalue weighted by Gasteiger charge is -2.34. The molecule has 0 radical (unpaired) electrons. The molecule has 138 valence electrons. The number of benzene rings is 1. The van der Waals surface area contributed by atoms with Gasteiger partial charge >= 0.3 is 0 Å². The van der Waals surface area contributed by atoms with E-state index < -0.39 is 0 Å². The maximum absolute atomic E-state index is 13.9. The molecular weight excluding hydrogens is 341 g/mol. The molecule has 0 atom stereocenters. The van der Waals surface area contributed by atoms with Gasteiger partial charge in [-0.25, -0.2) is 4.39 Å². The highest BCUT2D eigenvalue weighted by Gasteiger charge is 2.28. The molecule has 6 heteroatoms. The number of nitrogens with zero attached hydrogens (tertiary/aromatic N) is 2. The van der Waals surface area contributed by atoms with Gasteiger partial charge in [0.2, 0.25) is 5.91 Å². The molecule has 2 aliphatic heterocycles. The zero-order valence-corrected chi connectivity index (χ0v) is 15.6. The standard InChI is InChI=1S/C19H27ClFN3O/c1-23-9-7-15(8-10-23)22-19(25)14-5-11-24(12-6-14)13-16-17(20)3-2-4-18(16)21/h2-4,14-15H,5-13H2,1H3,(H,22,25). The van der Waals surface area contributed by atoms with Crippen LogP contribution < -0.4 is 5.32 Å². The van der Waals surface area contributed by atoms with Crippen LogP contribution in [0.2, 0.25) is 5.02 Å². The Morgan fingerprint density at radius 3 is 2.52 bits per heavy atom. The summed E-state index contributed by atoms with van der Waals surface area (Å²) < 4.78 is 13.9. The van der Waals surface area contributed by atoms with Crippen molar-refractivity contribution >= 4 is 17.5 Å². The number of halogens is 2. The van der Waals surface area contributed by atoms with Gasteiger partial charge in [-0.1, -0.05) is 17.7 Å². The first-order valence-electron chi connectivity index (χ1n) is 9.17. The van der Waals surface area contributed by atoms with E-state index in [1.165, 1.54) is 6.07 Å². The van der Waals surface area contributed by atoms with E-state index in [1.54, 1.807) is 12.1 Å². The van der Waals surface area contributed by atoms with E-state index in [2.05, 4.69) is 22.2 Å². The number of hydrogen-bond acceptors (Lipinski definition) is 3. The summed E-state index contributed by atoms with van der Waals surface area (Å²) in [5.74, 6) is 0.0137. The van der Waals surface area contributed by atoms with Crippen LogP contribution in [0, 0.1) is 11.7 Å². The van der Waals surface area contributed by atoms with Crippen molar-refractivity contribution in [2.45, 2.75) is 38.3 Å². The Morgan fingerprint density at radius 2 is 1.88 bits per heavy atom. The minimum absolute atomic E-state index is 0.0759. The molecule has 25 heavy (non-hydrogen) atoms. The first-order chi connectivity index (χ1) is 12.0. The van der Waals surface area contributed by atoms with Crippen molar-refractivity contribution in [1.82, 2.24) is 15.1 Å². The molecule has 0 bridgehead atoms.